The summed E-state index contributed by atoms with van der Waals surface area (Å²) in [4.78, 5) is 11.3. The minimum Gasteiger partial charge on any atom is -0.465 e. The van der Waals surface area contributed by atoms with Crippen molar-refractivity contribution in [3.05, 3.63) is 66.2 Å². The summed E-state index contributed by atoms with van der Waals surface area (Å²) in [6, 6.07) is 12.5. The number of allylic oxidation sites excluding steroid dienone is 1. The molecule has 0 aliphatic carbocycles. The zero-order valence-corrected chi connectivity index (χ0v) is 11.8. The van der Waals surface area contributed by atoms with E-state index in [1.807, 2.05) is 0 Å². The van der Waals surface area contributed by atoms with E-state index in [4.69, 9.17) is 0 Å². The fourth-order valence-corrected chi connectivity index (χ4v) is 1.94. The topological polar surface area (TPSA) is 26.3 Å². The van der Waals surface area contributed by atoms with Gasteiger partial charge in [-0.15, -0.1) is 0 Å². The van der Waals surface area contributed by atoms with Gasteiger partial charge in [0.05, 0.1) is 18.2 Å². The van der Waals surface area contributed by atoms with Crippen molar-refractivity contribution in [2.75, 3.05) is 7.11 Å². The third kappa shape index (κ3) is 3.36. The number of esters is 1. The second kappa shape index (κ2) is 6.05. The number of methoxy groups -OCH3 is 1. The van der Waals surface area contributed by atoms with Gasteiger partial charge >= 0.3 is 12.1 Å². The molecule has 0 saturated heterocycles. The summed E-state index contributed by atoms with van der Waals surface area (Å²) in [7, 11) is 1.29. The van der Waals surface area contributed by atoms with Gasteiger partial charge in [0.15, 0.2) is 0 Å². The number of ether oxygens (including phenoxy) is 1. The van der Waals surface area contributed by atoms with E-state index in [-0.39, 0.29) is 5.56 Å². The van der Waals surface area contributed by atoms with E-state index in [1.54, 1.807) is 36.4 Å². The Bertz CT molecular complexity index is 683. The van der Waals surface area contributed by atoms with Gasteiger partial charge in [-0.3, -0.25) is 0 Å². The molecule has 22 heavy (non-hydrogen) atoms. The average molecular weight is 306 g/mol. The largest absolute Gasteiger partial charge is 0.465 e. The first kappa shape index (κ1) is 15.8. The lowest BCUT2D eigenvalue weighted by Gasteiger charge is -2.11. The highest BCUT2D eigenvalue weighted by molar-refractivity contribution is 5.90. The zero-order valence-electron chi connectivity index (χ0n) is 11.8. The Morgan fingerprint density at radius 2 is 1.32 bits per heavy atom. The Balaban J connectivity index is 2.24. The van der Waals surface area contributed by atoms with Crippen molar-refractivity contribution in [3.8, 4) is 11.1 Å². The number of hydrogen-bond acceptors (Lipinski definition) is 2. The third-order valence-electron chi connectivity index (χ3n) is 3.21. The van der Waals surface area contributed by atoms with Gasteiger partial charge in [0.25, 0.3) is 0 Å². The van der Waals surface area contributed by atoms with Gasteiger partial charge in [0.2, 0.25) is 0 Å². The second-order valence-corrected chi connectivity index (χ2v) is 4.62. The molecule has 2 aromatic carbocycles. The van der Waals surface area contributed by atoms with Gasteiger partial charge in [-0.25, -0.2) is 4.79 Å². The molecule has 0 unspecified atom stereocenters. The summed E-state index contributed by atoms with van der Waals surface area (Å²) >= 11 is 0. The second-order valence-electron chi connectivity index (χ2n) is 4.62. The molecular formula is C17H13F3O2. The molecule has 0 aromatic heterocycles. The SMILES string of the molecule is C=C(c1ccc(-c2ccc(C(=O)OC)cc2)cc1)C(F)(F)F. The van der Waals surface area contributed by atoms with E-state index in [0.717, 1.165) is 11.1 Å². The first-order valence-electron chi connectivity index (χ1n) is 6.38. The molecule has 0 aliphatic rings. The summed E-state index contributed by atoms with van der Waals surface area (Å²) in [5.41, 5.74) is 1.10. The maximum absolute atomic E-state index is 12.6. The molecule has 2 aromatic rings. The van der Waals surface area contributed by atoms with Crippen molar-refractivity contribution in [3.63, 3.8) is 0 Å². The lowest BCUT2D eigenvalue weighted by molar-refractivity contribution is -0.0686. The Hall–Kier alpha value is -2.56. The average Bonchev–Trinajstić information content (AvgIpc) is 2.53. The number of hydrogen-bond donors (Lipinski definition) is 0. The van der Waals surface area contributed by atoms with Crippen molar-refractivity contribution in [2.45, 2.75) is 6.18 Å². The summed E-state index contributed by atoms with van der Waals surface area (Å²) in [6.45, 7) is 3.06. The standard InChI is InChI=1S/C17H13F3O2/c1-11(17(18,19)20)12-3-5-13(6-4-12)14-7-9-15(10-8-14)16(21)22-2/h3-10H,1H2,2H3. The van der Waals surface area contributed by atoms with Gasteiger partial charge in [0, 0.05) is 0 Å². The van der Waals surface area contributed by atoms with Crippen molar-refractivity contribution in [2.24, 2.45) is 0 Å². The summed E-state index contributed by atoms with van der Waals surface area (Å²) < 4.78 is 42.3. The fraction of sp³-hybridized carbons (Fsp3) is 0.118. The molecule has 5 heteroatoms. The molecule has 0 fully saturated rings. The Labute approximate surface area is 125 Å². The van der Waals surface area contributed by atoms with Crippen LogP contribution in [0.25, 0.3) is 16.7 Å². The van der Waals surface area contributed by atoms with Crippen LogP contribution in [0.2, 0.25) is 0 Å². The predicted molar refractivity (Wildman–Crippen MR) is 78.3 cm³/mol. The van der Waals surface area contributed by atoms with E-state index in [9.17, 15) is 18.0 Å². The molecule has 0 N–H and O–H groups in total. The first-order valence-corrected chi connectivity index (χ1v) is 6.38. The van der Waals surface area contributed by atoms with Crippen LogP contribution < -0.4 is 0 Å². The predicted octanol–water partition coefficient (Wildman–Crippen LogP) is 4.72. The highest BCUT2D eigenvalue weighted by Gasteiger charge is 2.32. The number of alkyl halides is 3. The van der Waals surface area contributed by atoms with Crippen LogP contribution in [0.15, 0.2) is 55.1 Å². The van der Waals surface area contributed by atoms with Crippen LogP contribution in [0.4, 0.5) is 13.2 Å². The van der Waals surface area contributed by atoms with Crippen LogP contribution in [0, 0.1) is 0 Å². The molecule has 0 spiro atoms. The van der Waals surface area contributed by atoms with E-state index in [0.29, 0.717) is 5.56 Å². The summed E-state index contributed by atoms with van der Waals surface area (Å²) in [5, 5.41) is 0. The highest BCUT2D eigenvalue weighted by Crippen LogP contribution is 2.33. The number of carbonyl (C=O) groups excluding carboxylic acids is 1. The molecule has 0 amide bonds. The van der Waals surface area contributed by atoms with Crippen LogP contribution in [-0.4, -0.2) is 19.3 Å². The van der Waals surface area contributed by atoms with Crippen LogP contribution >= 0.6 is 0 Å². The number of benzene rings is 2. The first-order chi connectivity index (χ1) is 10.3. The molecular weight excluding hydrogens is 293 g/mol. The molecule has 0 atom stereocenters. The zero-order chi connectivity index (χ0) is 16.3. The maximum atomic E-state index is 12.6. The fourth-order valence-electron chi connectivity index (χ4n) is 1.94. The van der Waals surface area contributed by atoms with Crippen molar-refractivity contribution in [1.29, 1.82) is 0 Å². The minimum atomic E-state index is -4.44. The molecule has 2 nitrogen and oxygen atoms in total. The molecule has 0 heterocycles. The quantitative estimate of drug-likeness (QED) is 0.767. The number of rotatable bonds is 3. The van der Waals surface area contributed by atoms with Gasteiger partial charge in [-0.2, -0.15) is 13.2 Å². The summed E-state index contributed by atoms with van der Waals surface area (Å²) in [6.07, 6.45) is -4.44. The van der Waals surface area contributed by atoms with Crippen LogP contribution in [0.5, 0.6) is 0 Å². The molecule has 0 bridgehead atoms. The number of carbonyl (C=O) groups is 1. The minimum absolute atomic E-state index is 0.0300. The lowest BCUT2D eigenvalue weighted by Crippen LogP contribution is -2.09. The van der Waals surface area contributed by atoms with Gasteiger partial charge < -0.3 is 4.74 Å². The smallest absolute Gasteiger partial charge is 0.416 e. The Kier molecular flexibility index (Phi) is 4.35. The van der Waals surface area contributed by atoms with E-state index in [2.05, 4.69) is 11.3 Å². The van der Waals surface area contributed by atoms with Gasteiger partial charge in [-0.05, 0) is 28.8 Å². The van der Waals surface area contributed by atoms with Crippen molar-refractivity contribution in [1.82, 2.24) is 0 Å². The molecule has 0 aliphatic heterocycles. The number of halogens is 3. The van der Waals surface area contributed by atoms with Crippen LogP contribution in [-0.2, 0) is 4.74 Å². The van der Waals surface area contributed by atoms with Crippen LogP contribution in [0.3, 0.4) is 0 Å². The molecule has 0 radical (unpaired) electrons. The molecule has 114 valence electrons. The van der Waals surface area contributed by atoms with Crippen molar-refractivity contribution < 1.29 is 22.7 Å². The van der Waals surface area contributed by atoms with Gasteiger partial charge in [0.1, 0.15) is 0 Å². The maximum Gasteiger partial charge on any atom is 0.416 e. The normalized spacial score (nSPS) is 11.1. The van der Waals surface area contributed by atoms with Crippen LogP contribution in [0.1, 0.15) is 15.9 Å². The monoisotopic (exact) mass is 306 g/mol. The third-order valence-corrected chi connectivity index (χ3v) is 3.21. The highest BCUT2D eigenvalue weighted by atomic mass is 19.4. The Morgan fingerprint density at radius 1 is 0.909 bits per heavy atom. The van der Waals surface area contributed by atoms with Gasteiger partial charge in [-0.1, -0.05) is 43.0 Å². The Morgan fingerprint density at radius 3 is 1.68 bits per heavy atom. The molecule has 0 saturated carbocycles. The van der Waals surface area contributed by atoms with Crippen molar-refractivity contribution >= 4 is 11.5 Å². The van der Waals surface area contributed by atoms with E-state index >= 15 is 0 Å². The lowest BCUT2D eigenvalue weighted by atomic mass is 10.00. The van der Waals surface area contributed by atoms with E-state index < -0.39 is 17.7 Å². The van der Waals surface area contributed by atoms with E-state index in [1.165, 1.54) is 19.2 Å². The summed E-state index contributed by atoms with van der Waals surface area (Å²) in [5.74, 6) is -0.441. The molecule has 2 rings (SSSR count).